The predicted octanol–water partition coefficient (Wildman–Crippen LogP) is 3.18. The van der Waals surface area contributed by atoms with Crippen molar-refractivity contribution >= 4 is 11.6 Å². The monoisotopic (exact) mass is 247 g/mol. The van der Waals surface area contributed by atoms with E-state index in [1.807, 2.05) is 18.2 Å². The lowest BCUT2D eigenvalue weighted by atomic mass is 9.97. The Labute approximate surface area is 109 Å². The molecule has 0 unspecified atom stereocenters. The van der Waals surface area contributed by atoms with Gasteiger partial charge in [0.2, 0.25) is 5.91 Å². The number of anilines is 1. The number of rotatable bonds is 3. The summed E-state index contributed by atoms with van der Waals surface area (Å²) >= 11 is 0. The van der Waals surface area contributed by atoms with Crippen molar-refractivity contribution in [3.63, 3.8) is 0 Å². The number of benzene rings is 1. The molecule has 1 fully saturated rings. The Bertz CT molecular complexity index is 409. The Kier molecular flexibility index (Phi) is 4.37. The Morgan fingerprint density at radius 2 is 1.94 bits per heavy atom. The van der Waals surface area contributed by atoms with Crippen LogP contribution in [0.3, 0.4) is 0 Å². The van der Waals surface area contributed by atoms with E-state index in [0.717, 1.165) is 18.5 Å². The maximum absolute atomic E-state index is 12.2. The fourth-order valence-electron chi connectivity index (χ4n) is 2.31. The molecule has 0 aliphatic carbocycles. The van der Waals surface area contributed by atoms with Crippen LogP contribution < -0.4 is 5.32 Å². The molecule has 1 aromatic rings. The Balaban J connectivity index is 2.06. The Hall–Kier alpha value is -1.35. The van der Waals surface area contributed by atoms with Crippen molar-refractivity contribution < 1.29 is 9.53 Å². The second-order valence-corrected chi connectivity index (χ2v) is 5.12. The Morgan fingerprint density at radius 1 is 1.28 bits per heavy atom. The molecule has 0 atom stereocenters. The van der Waals surface area contributed by atoms with Crippen molar-refractivity contribution in [1.82, 2.24) is 0 Å². The van der Waals surface area contributed by atoms with E-state index in [1.165, 1.54) is 5.56 Å². The molecule has 0 saturated carbocycles. The van der Waals surface area contributed by atoms with E-state index in [9.17, 15) is 4.79 Å². The van der Waals surface area contributed by atoms with Crippen LogP contribution in [0, 0.1) is 5.92 Å². The van der Waals surface area contributed by atoms with Gasteiger partial charge in [0.1, 0.15) is 0 Å². The molecule has 1 saturated heterocycles. The molecule has 0 radical (unpaired) electrons. The van der Waals surface area contributed by atoms with Gasteiger partial charge in [0.05, 0.1) is 0 Å². The number of ether oxygens (including phenoxy) is 1. The lowest BCUT2D eigenvalue weighted by Crippen LogP contribution is -2.28. The van der Waals surface area contributed by atoms with Crippen molar-refractivity contribution in [2.24, 2.45) is 5.92 Å². The van der Waals surface area contributed by atoms with Crippen molar-refractivity contribution in [2.45, 2.75) is 32.6 Å². The van der Waals surface area contributed by atoms with Crippen LogP contribution in [0.25, 0.3) is 0 Å². The quantitative estimate of drug-likeness (QED) is 0.891. The van der Waals surface area contributed by atoms with Gasteiger partial charge in [-0.2, -0.15) is 0 Å². The van der Waals surface area contributed by atoms with Crippen LogP contribution >= 0.6 is 0 Å². The van der Waals surface area contributed by atoms with Crippen LogP contribution in [-0.2, 0) is 9.53 Å². The minimum atomic E-state index is 0.0963. The van der Waals surface area contributed by atoms with Crippen LogP contribution in [0.5, 0.6) is 0 Å². The summed E-state index contributed by atoms with van der Waals surface area (Å²) in [6, 6.07) is 8.03. The van der Waals surface area contributed by atoms with Gasteiger partial charge in [-0.1, -0.05) is 32.0 Å². The molecule has 0 spiro atoms. The molecule has 98 valence electrons. The number of carbonyl (C=O) groups is 1. The highest BCUT2D eigenvalue weighted by molar-refractivity contribution is 5.93. The Morgan fingerprint density at radius 3 is 2.61 bits per heavy atom. The standard InChI is InChI=1S/C15H21NO2/c1-11(2)13-5-3-4-6-14(13)16-15(17)12-7-9-18-10-8-12/h3-6,11-12H,7-10H2,1-2H3,(H,16,17). The minimum absolute atomic E-state index is 0.0963. The van der Waals surface area contributed by atoms with E-state index in [1.54, 1.807) is 0 Å². The molecule has 1 N–H and O–H groups in total. The van der Waals surface area contributed by atoms with E-state index < -0.39 is 0 Å². The fraction of sp³-hybridized carbons (Fsp3) is 0.533. The third kappa shape index (κ3) is 3.10. The molecule has 0 bridgehead atoms. The van der Waals surface area contributed by atoms with Gasteiger partial charge in [0, 0.05) is 24.8 Å². The molecule has 1 aliphatic heterocycles. The van der Waals surface area contributed by atoms with E-state index in [2.05, 4.69) is 25.2 Å². The first-order chi connectivity index (χ1) is 8.68. The molecule has 1 aliphatic rings. The minimum Gasteiger partial charge on any atom is -0.381 e. The summed E-state index contributed by atoms with van der Waals surface area (Å²) in [5, 5.41) is 3.07. The first-order valence-corrected chi connectivity index (χ1v) is 6.66. The normalized spacial score (nSPS) is 16.8. The number of hydrogen-bond donors (Lipinski definition) is 1. The van der Waals surface area contributed by atoms with Crippen LogP contribution in [0.15, 0.2) is 24.3 Å². The second-order valence-electron chi connectivity index (χ2n) is 5.12. The van der Waals surface area contributed by atoms with E-state index in [4.69, 9.17) is 4.74 Å². The summed E-state index contributed by atoms with van der Waals surface area (Å²) in [4.78, 5) is 12.2. The van der Waals surface area contributed by atoms with Gasteiger partial charge in [-0.15, -0.1) is 0 Å². The summed E-state index contributed by atoms with van der Waals surface area (Å²) in [5.74, 6) is 0.640. The lowest BCUT2D eigenvalue weighted by molar-refractivity contribution is -0.122. The average molecular weight is 247 g/mol. The van der Waals surface area contributed by atoms with Gasteiger partial charge < -0.3 is 10.1 Å². The number of para-hydroxylation sites is 1. The van der Waals surface area contributed by atoms with Crippen LogP contribution in [-0.4, -0.2) is 19.1 Å². The van der Waals surface area contributed by atoms with Gasteiger partial charge in [-0.3, -0.25) is 4.79 Å². The first-order valence-electron chi connectivity index (χ1n) is 6.66. The zero-order chi connectivity index (χ0) is 13.0. The SMILES string of the molecule is CC(C)c1ccccc1NC(=O)C1CCOCC1. The van der Waals surface area contributed by atoms with Gasteiger partial charge in [-0.25, -0.2) is 0 Å². The van der Waals surface area contributed by atoms with Gasteiger partial charge in [0.25, 0.3) is 0 Å². The van der Waals surface area contributed by atoms with E-state index >= 15 is 0 Å². The van der Waals surface area contributed by atoms with Crippen molar-refractivity contribution in [2.75, 3.05) is 18.5 Å². The fourth-order valence-corrected chi connectivity index (χ4v) is 2.31. The highest BCUT2D eigenvalue weighted by Crippen LogP contribution is 2.25. The molecule has 3 nitrogen and oxygen atoms in total. The maximum Gasteiger partial charge on any atom is 0.227 e. The van der Waals surface area contributed by atoms with Crippen molar-refractivity contribution in [3.8, 4) is 0 Å². The van der Waals surface area contributed by atoms with Crippen LogP contribution in [0.2, 0.25) is 0 Å². The van der Waals surface area contributed by atoms with E-state index in [-0.39, 0.29) is 11.8 Å². The average Bonchev–Trinajstić information content (AvgIpc) is 2.40. The molecule has 1 heterocycles. The number of hydrogen-bond acceptors (Lipinski definition) is 2. The second kappa shape index (κ2) is 6.01. The maximum atomic E-state index is 12.2. The number of nitrogens with one attached hydrogen (secondary N) is 1. The number of amides is 1. The summed E-state index contributed by atoms with van der Waals surface area (Å²) in [6.07, 6.45) is 1.66. The van der Waals surface area contributed by atoms with E-state index in [0.29, 0.717) is 19.1 Å². The molecule has 3 heteroatoms. The highest BCUT2D eigenvalue weighted by Gasteiger charge is 2.22. The summed E-state index contributed by atoms with van der Waals surface area (Å²) in [7, 11) is 0. The van der Waals surface area contributed by atoms with Gasteiger partial charge in [0.15, 0.2) is 0 Å². The summed E-state index contributed by atoms with van der Waals surface area (Å²) < 4.78 is 5.28. The highest BCUT2D eigenvalue weighted by atomic mass is 16.5. The topological polar surface area (TPSA) is 38.3 Å². The lowest BCUT2D eigenvalue weighted by Gasteiger charge is -2.22. The molecule has 1 amide bonds. The molecule has 0 aromatic heterocycles. The third-order valence-electron chi connectivity index (χ3n) is 3.43. The predicted molar refractivity (Wildman–Crippen MR) is 72.7 cm³/mol. The molecular weight excluding hydrogens is 226 g/mol. The number of carbonyl (C=O) groups excluding carboxylic acids is 1. The zero-order valence-electron chi connectivity index (χ0n) is 11.1. The smallest absolute Gasteiger partial charge is 0.227 e. The first kappa shape index (κ1) is 13.1. The van der Waals surface area contributed by atoms with Crippen molar-refractivity contribution in [3.05, 3.63) is 29.8 Å². The molecular formula is C15H21NO2. The molecule has 2 rings (SSSR count). The summed E-state index contributed by atoms with van der Waals surface area (Å²) in [5.41, 5.74) is 2.14. The summed E-state index contributed by atoms with van der Waals surface area (Å²) in [6.45, 7) is 5.67. The van der Waals surface area contributed by atoms with Crippen molar-refractivity contribution in [1.29, 1.82) is 0 Å². The molecule has 1 aromatic carbocycles. The third-order valence-corrected chi connectivity index (χ3v) is 3.43. The van der Waals surface area contributed by atoms with Gasteiger partial charge >= 0.3 is 0 Å². The van der Waals surface area contributed by atoms with Crippen LogP contribution in [0.4, 0.5) is 5.69 Å². The van der Waals surface area contributed by atoms with Gasteiger partial charge in [-0.05, 0) is 30.4 Å². The largest absolute Gasteiger partial charge is 0.381 e. The zero-order valence-corrected chi connectivity index (χ0v) is 11.1. The van der Waals surface area contributed by atoms with Crippen LogP contribution in [0.1, 0.15) is 38.2 Å². The molecule has 18 heavy (non-hydrogen) atoms.